The van der Waals surface area contributed by atoms with Crippen LogP contribution in [0.15, 0.2) is 16.6 Å². The molecule has 0 bridgehead atoms. The predicted molar refractivity (Wildman–Crippen MR) is 52.1 cm³/mol. The molecule has 0 aliphatic heterocycles. The first-order valence-electron chi connectivity index (χ1n) is 3.79. The lowest BCUT2D eigenvalue weighted by atomic mass is 10.2. The van der Waals surface area contributed by atoms with E-state index in [1.54, 1.807) is 0 Å². The number of carbonyl (C=O) groups is 1. The van der Waals surface area contributed by atoms with Crippen LogP contribution in [0.3, 0.4) is 0 Å². The zero-order chi connectivity index (χ0) is 10.9. The number of halogens is 3. The molecule has 0 unspecified atom stereocenters. The average molecular weight is 264 g/mol. The van der Waals surface area contributed by atoms with E-state index in [2.05, 4.69) is 15.9 Å². The summed E-state index contributed by atoms with van der Waals surface area (Å²) in [6.07, 6.45) is 0. The maximum atomic E-state index is 13.2. The third-order valence-corrected chi connectivity index (χ3v) is 2.08. The molecule has 5 heteroatoms. The smallest absolute Gasteiger partial charge is 0.259 e. The van der Waals surface area contributed by atoms with Gasteiger partial charge in [0.05, 0.1) is 0 Å². The fourth-order valence-electron chi connectivity index (χ4n) is 0.970. The Labute approximate surface area is 88.6 Å². The lowest BCUT2D eigenvalue weighted by Gasteiger charge is -2.11. The highest BCUT2D eigenvalue weighted by atomic mass is 79.9. The lowest BCUT2D eigenvalue weighted by molar-refractivity contribution is 0.0818. The van der Waals surface area contributed by atoms with Crippen molar-refractivity contribution in [1.29, 1.82) is 0 Å². The van der Waals surface area contributed by atoms with E-state index in [0.29, 0.717) is 0 Å². The van der Waals surface area contributed by atoms with Gasteiger partial charge in [-0.2, -0.15) is 0 Å². The summed E-state index contributed by atoms with van der Waals surface area (Å²) in [5.74, 6) is -2.42. The van der Waals surface area contributed by atoms with Gasteiger partial charge in [-0.3, -0.25) is 4.79 Å². The highest BCUT2D eigenvalue weighted by molar-refractivity contribution is 9.10. The third-order valence-electron chi connectivity index (χ3n) is 1.63. The Morgan fingerprint density at radius 2 is 1.71 bits per heavy atom. The van der Waals surface area contributed by atoms with Crippen LogP contribution < -0.4 is 0 Å². The molecule has 1 aromatic carbocycles. The Morgan fingerprint density at radius 1 is 1.29 bits per heavy atom. The van der Waals surface area contributed by atoms with Crippen LogP contribution in [-0.4, -0.2) is 24.9 Å². The van der Waals surface area contributed by atoms with E-state index < -0.39 is 23.1 Å². The molecular formula is C9H8BrF2NO. The van der Waals surface area contributed by atoms with E-state index in [9.17, 15) is 13.6 Å². The Hall–Kier alpha value is -0.970. The first-order valence-corrected chi connectivity index (χ1v) is 4.59. The summed E-state index contributed by atoms with van der Waals surface area (Å²) in [4.78, 5) is 12.4. The van der Waals surface area contributed by atoms with Crippen molar-refractivity contribution in [2.45, 2.75) is 0 Å². The van der Waals surface area contributed by atoms with Crippen molar-refractivity contribution in [3.8, 4) is 0 Å². The standard InChI is InChI=1S/C9H8BrF2NO/c1-13(2)9(14)8-6(11)3-5(10)4-7(8)12/h3-4H,1-2H3. The normalized spacial score (nSPS) is 10.1. The predicted octanol–water partition coefficient (Wildman–Crippen LogP) is 2.43. The van der Waals surface area contributed by atoms with Crippen molar-refractivity contribution in [3.05, 3.63) is 33.8 Å². The Balaban J connectivity index is 3.28. The molecule has 0 aromatic heterocycles. The molecule has 76 valence electrons. The highest BCUT2D eigenvalue weighted by Crippen LogP contribution is 2.20. The number of carbonyl (C=O) groups excluding carboxylic acids is 1. The number of nitrogens with zero attached hydrogens (tertiary/aromatic N) is 1. The van der Waals surface area contributed by atoms with Gasteiger partial charge in [-0.05, 0) is 12.1 Å². The van der Waals surface area contributed by atoms with Gasteiger partial charge in [0.1, 0.15) is 17.2 Å². The fourth-order valence-corrected chi connectivity index (χ4v) is 1.37. The van der Waals surface area contributed by atoms with Crippen molar-refractivity contribution < 1.29 is 13.6 Å². The van der Waals surface area contributed by atoms with Crippen LogP contribution in [-0.2, 0) is 0 Å². The molecule has 0 spiro atoms. The van der Waals surface area contributed by atoms with Gasteiger partial charge < -0.3 is 4.90 Å². The van der Waals surface area contributed by atoms with Crippen LogP contribution >= 0.6 is 15.9 Å². The van der Waals surface area contributed by atoms with Gasteiger partial charge in [0.25, 0.3) is 5.91 Å². The summed E-state index contributed by atoms with van der Waals surface area (Å²) in [5.41, 5.74) is -0.529. The van der Waals surface area contributed by atoms with Gasteiger partial charge in [0.15, 0.2) is 0 Å². The zero-order valence-electron chi connectivity index (χ0n) is 7.64. The zero-order valence-corrected chi connectivity index (χ0v) is 9.23. The SMILES string of the molecule is CN(C)C(=O)c1c(F)cc(Br)cc1F. The molecule has 2 nitrogen and oxygen atoms in total. The van der Waals surface area contributed by atoms with Crippen LogP contribution in [0.2, 0.25) is 0 Å². The maximum Gasteiger partial charge on any atom is 0.259 e. The third kappa shape index (κ3) is 2.09. The van der Waals surface area contributed by atoms with E-state index in [1.165, 1.54) is 14.1 Å². The van der Waals surface area contributed by atoms with Gasteiger partial charge in [-0.15, -0.1) is 0 Å². The van der Waals surface area contributed by atoms with E-state index in [0.717, 1.165) is 17.0 Å². The van der Waals surface area contributed by atoms with Gasteiger partial charge in [-0.1, -0.05) is 15.9 Å². The molecule has 0 aliphatic carbocycles. The topological polar surface area (TPSA) is 20.3 Å². The van der Waals surface area contributed by atoms with Crippen LogP contribution in [0.25, 0.3) is 0 Å². The average Bonchev–Trinajstić information content (AvgIpc) is 2.01. The van der Waals surface area contributed by atoms with E-state index in [1.807, 2.05) is 0 Å². The maximum absolute atomic E-state index is 13.2. The summed E-state index contributed by atoms with van der Waals surface area (Å²) in [6.45, 7) is 0. The molecule has 0 heterocycles. The molecule has 0 atom stereocenters. The van der Waals surface area contributed by atoms with Gasteiger partial charge in [0, 0.05) is 18.6 Å². The molecule has 0 saturated heterocycles. The second-order valence-corrected chi connectivity index (χ2v) is 3.86. The van der Waals surface area contributed by atoms with E-state index in [-0.39, 0.29) is 4.47 Å². The van der Waals surface area contributed by atoms with Crippen molar-refractivity contribution >= 4 is 21.8 Å². The van der Waals surface area contributed by atoms with E-state index >= 15 is 0 Å². The molecular weight excluding hydrogens is 256 g/mol. The molecule has 14 heavy (non-hydrogen) atoms. The molecule has 0 N–H and O–H groups in total. The van der Waals surface area contributed by atoms with Crippen LogP contribution in [0.1, 0.15) is 10.4 Å². The number of rotatable bonds is 1. The van der Waals surface area contributed by atoms with Gasteiger partial charge >= 0.3 is 0 Å². The Morgan fingerprint density at radius 3 is 2.07 bits per heavy atom. The fraction of sp³-hybridized carbons (Fsp3) is 0.222. The first kappa shape index (κ1) is 11.1. The quantitative estimate of drug-likeness (QED) is 0.762. The van der Waals surface area contributed by atoms with Crippen LogP contribution in [0, 0.1) is 11.6 Å². The Kier molecular flexibility index (Phi) is 3.21. The summed E-state index contributed by atoms with van der Waals surface area (Å²) in [7, 11) is 2.87. The Bertz CT molecular complexity index is 356. The first-order chi connectivity index (χ1) is 6.43. The molecule has 1 amide bonds. The summed E-state index contributed by atoms with van der Waals surface area (Å²) < 4.78 is 26.7. The van der Waals surface area contributed by atoms with Crippen LogP contribution in [0.5, 0.6) is 0 Å². The second kappa shape index (κ2) is 4.04. The van der Waals surface area contributed by atoms with Crippen LogP contribution in [0.4, 0.5) is 8.78 Å². The van der Waals surface area contributed by atoms with Crippen molar-refractivity contribution in [1.82, 2.24) is 4.90 Å². The number of benzene rings is 1. The van der Waals surface area contributed by atoms with Gasteiger partial charge in [0.2, 0.25) is 0 Å². The monoisotopic (exact) mass is 263 g/mol. The minimum atomic E-state index is -0.865. The molecule has 0 radical (unpaired) electrons. The minimum absolute atomic E-state index is 0.266. The summed E-state index contributed by atoms with van der Waals surface area (Å²) in [5, 5.41) is 0. The molecule has 1 aromatic rings. The summed E-state index contributed by atoms with van der Waals surface area (Å²) >= 11 is 2.93. The lowest BCUT2D eigenvalue weighted by Crippen LogP contribution is -2.24. The van der Waals surface area contributed by atoms with Crippen molar-refractivity contribution in [3.63, 3.8) is 0 Å². The van der Waals surface area contributed by atoms with Crippen molar-refractivity contribution in [2.24, 2.45) is 0 Å². The number of hydrogen-bond donors (Lipinski definition) is 0. The molecule has 0 fully saturated rings. The largest absolute Gasteiger partial charge is 0.345 e. The summed E-state index contributed by atoms with van der Waals surface area (Å²) in [6, 6.07) is 2.11. The van der Waals surface area contributed by atoms with E-state index in [4.69, 9.17) is 0 Å². The molecule has 0 saturated carbocycles. The minimum Gasteiger partial charge on any atom is -0.345 e. The second-order valence-electron chi connectivity index (χ2n) is 2.94. The number of amides is 1. The number of hydrogen-bond acceptors (Lipinski definition) is 1. The molecule has 0 aliphatic rings. The van der Waals surface area contributed by atoms with Crippen molar-refractivity contribution in [2.75, 3.05) is 14.1 Å². The highest BCUT2D eigenvalue weighted by Gasteiger charge is 2.19. The molecule has 1 rings (SSSR count). The van der Waals surface area contributed by atoms with Gasteiger partial charge in [-0.25, -0.2) is 8.78 Å².